The molecule has 146 valence electrons. The minimum absolute atomic E-state index is 0.317. The molecule has 0 aliphatic heterocycles. The van der Waals surface area contributed by atoms with E-state index in [0.717, 1.165) is 19.3 Å². The third kappa shape index (κ3) is 13.8. The number of ketones is 1. The maximum absolute atomic E-state index is 11.8. The van der Waals surface area contributed by atoms with E-state index in [9.17, 15) is 9.59 Å². The molecule has 1 atom stereocenters. The van der Waals surface area contributed by atoms with Gasteiger partial charge in [0.15, 0.2) is 5.78 Å². The molecule has 0 spiro atoms. The molecule has 0 saturated heterocycles. The summed E-state index contributed by atoms with van der Waals surface area (Å²) in [5, 5.41) is 9.13. The summed E-state index contributed by atoms with van der Waals surface area (Å²) in [6.07, 6.45) is 18.3. The second-order valence-electron chi connectivity index (χ2n) is 7.42. The van der Waals surface area contributed by atoms with Crippen LogP contribution in [0.4, 0.5) is 0 Å². The van der Waals surface area contributed by atoms with Gasteiger partial charge in [-0.1, -0.05) is 103 Å². The van der Waals surface area contributed by atoms with Gasteiger partial charge in [0, 0.05) is 0 Å². The average Bonchev–Trinajstić information content (AvgIpc) is 2.57. The third-order valence-electron chi connectivity index (χ3n) is 4.88. The van der Waals surface area contributed by atoms with Crippen molar-refractivity contribution in [1.29, 1.82) is 0 Å². The molecule has 0 bridgehead atoms. The van der Waals surface area contributed by atoms with Crippen LogP contribution in [0.3, 0.4) is 0 Å². The molecule has 3 heteroatoms. The van der Waals surface area contributed by atoms with Crippen molar-refractivity contribution < 1.29 is 14.7 Å². The molecule has 1 N–H and O–H groups in total. The van der Waals surface area contributed by atoms with Gasteiger partial charge in [-0.2, -0.15) is 0 Å². The van der Waals surface area contributed by atoms with Gasteiger partial charge in [0.1, 0.15) is 5.92 Å². The fourth-order valence-corrected chi connectivity index (χ4v) is 3.21. The Morgan fingerprint density at radius 1 is 0.760 bits per heavy atom. The van der Waals surface area contributed by atoms with Crippen molar-refractivity contribution in [3.63, 3.8) is 0 Å². The number of Topliss-reactive ketones (excluding diaryl/α,β-unsaturated/α-hetero) is 1. The summed E-state index contributed by atoms with van der Waals surface area (Å²) in [4.78, 5) is 22.9. The van der Waals surface area contributed by atoms with Crippen LogP contribution in [-0.4, -0.2) is 16.9 Å². The van der Waals surface area contributed by atoms with Crippen molar-refractivity contribution in [1.82, 2.24) is 0 Å². The van der Waals surface area contributed by atoms with E-state index in [4.69, 9.17) is 5.11 Å². The van der Waals surface area contributed by atoms with E-state index in [-0.39, 0.29) is 5.78 Å². The van der Waals surface area contributed by atoms with Gasteiger partial charge in [0.25, 0.3) is 0 Å². The standard InChI is InChI=1S/C22H40O3/c1-4-5-6-7-8-9-10-11-12-13-14-15-16-17-18-20(22(24)25)21(23)19(2)3/h20H,2,4-18H2,1,3H3,(H,24,25). The minimum Gasteiger partial charge on any atom is -0.481 e. The molecule has 0 fully saturated rings. The van der Waals surface area contributed by atoms with E-state index in [1.54, 1.807) is 6.92 Å². The second-order valence-corrected chi connectivity index (χ2v) is 7.42. The summed E-state index contributed by atoms with van der Waals surface area (Å²) in [5.41, 5.74) is 0.345. The lowest BCUT2D eigenvalue weighted by atomic mass is 9.93. The zero-order chi connectivity index (χ0) is 18.9. The Kier molecular flexibility index (Phi) is 15.6. The molecule has 0 aliphatic carbocycles. The minimum atomic E-state index is -1.01. The van der Waals surface area contributed by atoms with E-state index >= 15 is 0 Å². The fraction of sp³-hybridized carbons (Fsp3) is 0.818. The highest BCUT2D eigenvalue weighted by Gasteiger charge is 2.25. The molecule has 1 unspecified atom stereocenters. The number of rotatable bonds is 18. The lowest BCUT2D eigenvalue weighted by Gasteiger charge is -2.10. The van der Waals surface area contributed by atoms with Gasteiger partial charge >= 0.3 is 5.97 Å². The van der Waals surface area contributed by atoms with E-state index in [1.807, 2.05) is 0 Å². The Hall–Kier alpha value is -1.12. The molecule has 0 aromatic rings. The Bertz CT molecular complexity index is 373. The van der Waals surface area contributed by atoms with Gasteiger partial charge in [-0.05, 0) is 18.9 Å². The number of allylic oxidation sites excluding steroid dienone is 1. The summed E-state index contributed by atoms with van der Waals surface area (Å²) in [7, 11) is 0. The van der Waals surface area contributed by atoms with Crippen LogP contribution < -0.4 is 0 Å². The Morgan fingerprint density at radius 2 is 1.12 bits per heavy atom. The van der Waals surface area contributed by atoms with Crippen LogP contribution in [0, 0.1) is 5.92 Å². The summed E-state index contributed by atoms with van der Waals surface area (Å²) < 4.78 is 0. The van der Waals surface area contributed by atoms with Gasteiger partial charge in [-0.3, -0.25) is 9.59 Å². The molecule has 0 heterocycles. The Balaban J connectivity index is 3.44. The SMILES string of the molecule is C=C(C)C(=O)C(CCCCCCCCCCCCCCCC)C(=O)O. The highest BCUT2D eigenvalue weighted by Crippen LogP contribution is 2.17. The predicted octanol–water partition coefficient (Wildman–Crippen LogP) is 6.70. The number of hydrogen-bond donors (Lipinski definition) is 1. The number of carbonyl (C=O) groups is 2. The second kappa shape index (κ2) is 16.4. The van der Waals surface area contributed by atoms with E-state index in [0.29, 0.717) is 12.0 Å². The van der Waals surface area contributed by atoms with E-state index < -0.39 is 11.9 Å². The van der Waals surface area contributed by atoms with Crippen LogP contribution in [0.5, 0.6) is 0 Å². The van der Waals surface area contributed by atoms with Crippen LogP contribution in [0.1, 0.15) is 110 Å². The fourth-order valence-electron chi connectivity index (χ4n) is 3.21. The third-order valence-corrected chi connectivity index (χ3v) is 4.88. The largest absolute Gasteiger partial charge is 0.481 e. The molecule has 0 amide bonds. The molecule has 0 rings (SSSR count). The smallest absolute Gasteiger partial charge is 0.314 e. The van der Waals surface area contributed by atoms with Crippen LogP contribution in [0.15, 0.2) is 12.2 Å². The predicted molar refractivity (Wildman–Crippen MR) is 106 cm³/mol. The van der Waals surface area contributed by atoms with Crippen LogP contribution in [0.2, 0.25) is 0 Å². The quantitative estimate of drug-likeness (QED) is 0.169. The molecule has 3 nitrogen and oxygen atoms in total. The number of carboxylic acids is 1. The van der Waals surface area contributed by atoms with Gasteiger partial charge in [-0.25, -0.2) is 0 Å². The summed E-state index contributed by atoms with van der Waals surface area (Å²) in [6.45, 7) is 7.41. The topological polar surface area (TPSA) is 54.4 Å². The first kappa shape index (κ1) is 23.9. The van der Waals surface area contributed by atoms with E-state index in [2.05, 4.69) is 13.5 Å². The van der Waals surface area contributed by atoms with Crippen molar-refractivity contribution in [2.75, 3.05) is 0 Å². The van der Waals surface area contributed by atoms with Crippen LogP contribution in [0.25, 0.3) is 0 Å². The monoisotopic (exact) mass is 352 g/mol. The molecule has 0 aromatic carbocycles. The average molecular weight is 353 g/mol. The Labute approximate surface area is 155 Å². The zero-order valence-electron chi connectivity index (χ0n) is 16.7. The molecule has 0 saturated carbocycles. The van der Waals surface area contributed by atoms with Crippen LogP contribution in [-0.2, 0) is 9.59 Å². The molecular formula is C22H40O3. The van der Waals surface area contributed by atoms with Gasteiger partial charge in [-0.15, -0.1) is 0 Å². The first-order valence-electron chi connectivity index (χ1n) is 10.4. The maximum atomic E-state index is 11.8. The number of carbonyl (C=O) groups excluding carboxylic acids is 1. The van der Waals surface area contributed by atoms with Crippen molar-refractivity contribution in [2.24, 2.45) is 5.92 Å². The number of hydrogen-bond acceptors (Lipinski definition) is 2. The molecule has 0 radical (unpaired) electrons. The first-order chi connectivity index (χ1) is 12.0. The van der Waals surface area contributed by atoms with Crippen molar-refractivity contribution in [3.05, 3.63) is 12.2 Å². The van der Waals surface area contributed by atoms with Crippen molar-refractivity contribution in [2.45, 2.75) is 110 Å². The summed E-state index contributed by atoms with van der Waals surface area (Å²) in [5.74, 6) is -2.22. The highest BCUT2D eigenvalue weighted by molar-refractivity contribution is 6.07. The van der Waals surface area contributed by atoms with Crippen LogP contribution >= 0.6 is 0 Å². The summed E-state index contributed by atoms with van der Waals surface area (Å²) in [6, 6.07) is 0. The summed E-state index contributed by atoms with van der Waals surface area (Å²) >= 11 is 0. The van der Waals surface area contributed by atoms with Crippen molar-refractivity contribution in [3.8, 4) is 0 Å². The molecule has 25 heavy (non-hydrogen) atoms. The number of aliphatic carboxylic acids is 1. The number of carboxylic acid groups (broad SMARTS) is 1. The maximum Gasteiger partial charge on any atom is 0.314 e. The van der Waals surface area contributed by atoms with Gasteiger partial charge in [0.05, 0.1) is 0 Å². The van der Waals surface area contributed by atoms with Gasteiger partial charge < -0.3 is 5.11 Å². The van der Waals surface area contributed by atoms with E-state index in [1.165, 1.54) is 70.6 Å². The normalized spacial score (nSPS) is 12.1. The first-order valence-corrected chi connectivity index (χ1v) is 10.4. The lowest BCUT2D eigenvalue weighted by Crippen LogP contribution is -2.24. The number of unbranched alkanes of at least 4 members (excludes halogenated alkanes) is 13. The Morgan fingerprint density at radius 3 is 1.44 bits per heavy atom. The van der Waals surface area contributed by atoms with Crippen molar-refractivity contribution >= 4 is 11.8 Å². The molecule has 0 aromatic heterocycles. The van der Waals surface area contributed by atoms with Gasteiger partial charge in [0.2, 0.25) is 0 Å². The molecular weight excluding hydrogens is 312 g/mol. The zero-order valence-corrected chi connectivity index (χ0v) is 16.7. The molecule has 0 aliphatic rings. The highest BCUT2D eigenvalue weighted by atomic mass is 16.4. The lowest BCUT2D eigenvalue weighted by molar-refractivity contribution is -0.145.